The number of halogens is 1. The first kappa shape index (κ1) is 23.4. The summed E-state index contributed by atoms with van der Waals surface area (Å²) in [4.78, 5) is 6.90. The summed E-state index contributed by atoms with van der Waals surface area (Å²) in [6.45, 7) is 10.5. The average Bonchev–Trinajstić information content (AvgIpc) is 3.12. The lowest BCUT2D eigenvalue weighted by molar-refractivity contribution is 0.0243. The second-order valence-corrected chi connectivity index (χ2v) is 8.46. The molecular weight excluding hydrogens is 463 g/mol. The Hall–Kier alpha value is -0.860. The predicted molar refractivity (Wildman–Crippen MR) is 127 cm³/mol. The van der Waals surface area contributed by atoms with Crippen LogP contribution in [0.1, 0.15) is 50.7 Å². The lowest BCUT2D eigenvalue weighted by atomic mass is 9.99. The molecule has 3 rings (SSSR count). The van der Waals surface area contributed by atoms with E-state index in [1.54, 1.807) is 0 Å². The van der Waals surface area contributed by atoms with Gasteiger partial charge in [0.15, 0.2) is 5.96 Å². The van der Waals surface area contributed by atoms with E-state index in [0.29, 0.717) is 0 Å². The molecule has 0 bridgehead atoms. The Balaban J connectivity index is 0.00000280. The van der Waals surface area contributed by atoms with E-state index in [1.165, 1.54) is 37.1 Å². The first-order chi connectivity index (χ1) is 13.1. The van der Waals surface area contributed by atoms with Crippen molar-refractivity contribution >= 4 is 29.9 Å². The average molecular weight is 500 g/mol. The van der Waals surface area contributed by atoms with Gasteiger partial charge in [-0.25, -0.2) is 0 Å². The number of benzene rings is 1. The minimum atomic E-state index is -0.0640. The summed E-state index contributed by atoms with van der Waals surface area (Å²) in [6, 6.07) is 8.98. The lowest BCUT2D eigenvalue weighted by Crippen LogP contribution is -2.45. The molecule has 6 heteroatoms. The Morgan fingerprint density at radius 1 is 1.18 bits per heavy atom. The first-order valence-corrected chi connectivity index (χ1v) is 10.4. The van der Waals surface area contributed by atoms with E-state index in [2.05, 4.69) is 58.6 Å². The van der Waals surface area contributed by atoms with Crippen molar-refractivity contribution in [3.8, 4) is 0 Å². The largest absolute Gasteiger partial charge is 0.373 e. The molecule has 2 aliphatic rings. The molecular formula is C22H37IN4O. The third kappa shape index (κ3) is 7.19. The third-order valence-corrected chi connectivity index (χ3v) is 5.92. The van der Waals surface area contributed by atoms with Gasteiger partial charge in [0, 0.05) is 33.3 Å². The van der Waals surface area contributed by atoms with Crippen LogP contribution >= 0.6 is 24.0 Å². The Morgan fingerprint density at radius 3 is 2.46 bits per heavy atom. The van der Waals surface area contributed by atoms with Crippen LogP contribution in [-0.2, 0) is 17.8 Å². The van der Waals surface area contributed by atoms with Gasteiger partial charge >= 0.3 is 0 Å². The van der Waals surface area contributed by atoms with Gasteiger partial charge in [0.05, 0.1) is 5.60 Å². The first-order valence-electron chi connectivity index (χ1n) is 10.4. The zero-order valence-electron chi connectivity index (χ0n) is 17.7. The number of nitrogens with zero attached hydrogens (tertiary/aromatic N) is 2. The van der Waals surface area contributed by atoms with E-state index in [9.17, 15) is 0 Å². The van der Waals surface area contributed by atoms with Crippen molar-refractivity contribution in [2.75, 3.05) is 33.3 Å². The zero-order chi connectivity index (χ0) is 19.1. The normalized spacial score (nSPS) is 24.0. The highest BCUT2D eigenvalue weighted by Gasteiger charge is 2.29. The number of aliphatic imine (C=N–C) groups is 1. The predicted octanol–water partition coefficient (Wildman–Crippen LogP) is 3.77. The van der Waals surface area contributed by atoms with Gasteiger partial charge in [0.25, 0.3) is 0 Å². The summed E-state index contributed by atoms with van der Waals surface area (Å²) >= 11 is 0. The molecule has 1 unspecified atom stereocenters. The lowest BCUT2D eigenvalue weighted by Gasteiger charge is -2.30. The smallest absolute Gasteiger partial charge is 0.191 e. The number of piperidine rings is 1. The van der Waals surface area contributed by atoms with E-state index in [1.807, 2.05) is 7.05 Å². The van der Waals surface area contributed by atoms with Crippen LogP contribution < -0.4 is 10.6 Å². The van der Waals surface area contributed by atoms with E-state index >= 15 is 0 Å². The van der Waals surface area contributed by atoms with Gasteiger partial charge in [-0.3, -0.25) is 9.89 Å². The summed E-state index contributed by atoms with van der Waals surface area (Å²) < 4.78 is 5.83. The van der Waals surface area contributed by atoms with Crippen molar-refractivity contribution in [3.63, 3.8) is 0 Å². The van der Waals surface area contributed by atoms with Crippen LogP contribution in [0.25, 0.3) is 0 Å². The zero-order valence-corrected chi connectivity index (χ0v) is 20.0. The molecule has 5 nitrogen and oxygen atoms in total. The minimum Gasteiger partial charge on any atom is -0.373 e. The molecule has 2 fully saturated rings. The molecule has 0 amide bonds. The third-order valence-electron chi connectivity index (χ3n) is 5.92. The van der Waals surface area contributed by atoms with E-state index < -0.39 is 0 Å². The number of rotatable bonds is 6. The molecule has 2 N–H and O–H groups in total. The molecule has 28 heavy (non-hydrogen) atoms. The molecule has 158 valence electrons. The fourth-order valence-corrected chi connectivity index (χ4v) is 3.89. The summed E-state index contributed by atoms with van der Waals surface area (Å²) in [5, 5.41) is 6.80. The fraction of sp³-hybridized carbons (Fsp3) is 0.682. The SMILES string of the molecule is CN=C(NCc1ccc(CN2CCC(C)CC2)cc1)NCC1(C)CCCO1.I. The van der Waals surface area contributed by atoms with Crippen molar-refractivity contribution in [3.05, 3.63) is 35.4 Å². The number of ether oxygens (including phenoxy) is 1. The monoisotopic (exact) mass is 500 g/mol. The summed E-state index contributed by atoms with van der Waals surface area (Å²) in [6.07, 6.45) is 4.91. The van der Waals surface area contributed by atoms with Crippen LogP contribution in [0.4, 0.5) is 0 Å². The summed E-state index contributed by atoms with van der Waals surface area (Å²) in [7, 11) is 1.82. The molecule has 2 saturated heterocycles. The summed E-state index contributed by atoms with van der Waals surface area (Å²) in [5.41, 5.74) is 2.62. The van der Waals surface area contributed by atoms with Gasteiger partial charge < -0.3 is 15.4 Å². The van der Waals surface area contributed by atoms with Crippen LogP contribution in [0.3, 0.4) is 0 Å². The van der Waals surface area contributed by atoms with Crippen LogP contribution in [0.5, 0.6) is 0 Å². The number of hydrogen-bond acceptors (Lipinski definition) is 3. The van der Waals surface area contributed by atoms with Crippen LogP contribution in [0.2, 0.25) is 0 Å². The Bertz CT molecular complexity index is 605. The van der Waals surface area contributed by atoms with Crippen molar-refractivity contribution in [2.24, 2.45) is 10.9 Å². The van der Waals surface area contributed by atoms with Gasteiger partial charge in [0.2, 0.25) is 0 Å². The van der Waals surface area contributed by atoms with Crippen LogP contribution in [0.15, 0.2) is 29.3 Å². The second-order valence-electron chi connectivity index (χ2n) is 8.46. The molecule has 0 spiro atoms. The molecule has 0 aromatic heterocycles. The molecule has 1 aromatic rings. The van der Waals surface area contributed by atoms with E-state index in [0.717, 1.165) is 51.0 Å². The number of hydrogen-bond donors (Lipinski definition) is 2. The molecule has 0 aliphatic carbocycles. The summed E-state index contributed by atoms with van der Waals surface area (Å²) in [5.74, 6) is 1.72. The van der Waals surface area contributed by atoms with Crippen molar-refractivity contribution in [2.45, 2.75) is 58.2 Å². The highest BCUT2D eigenvalue weighted by Crippen LogP contribution is 2.23. The molecule has 0 radical (unpaired) electrons. The number of nitrogens with one attached hydrogen (secondary N) is 2. The van der Waals surface area contributed by atoms with Crippen LogP contribution in [0, 0.1) is 5.92 Å². The Kier molecular flexibility index (Phi) is 9.50. The topological polar surface area (TPSA) is 48.9 Å². The molecule has 2 aliphatic heterocycles. The standard InChI is InChI=1S/C22H36N4O.HI/c1-18-9-12-26(13-10-18)16-20-7-5-19(6-8-20)15-24-21(23-3)25-17-22(2)11-4-14-27-22;/h5-8,18H,4,9-17H2,1-3H3,(H2,23,24,25);1H. The molecule has 2 heterocycles. The van der Waals surface area contributed by atoms with Gasteiger partial charge in [0.1, 0.15) is 0 Å². The minimum absolute atomic E-state index is 0. The fourth-order valence-electron chi connectivity index (χ4n) is 3.89. The van der Waals surface area contributed by atoms with Gasteiger partial charge in [-0.15, -0.1) is 24.0 Å². The van der Waals surface area contributed by atoms with E-state index in [4.69, 9.17) is 4.74 Å². The maximum absolute atomic E-state index is 5.83. The van der Waals surface area contributed by atoms with Crippen LogP contribution in [-0.4, -0.2) is 49.7 Å². The van der Waals surface area contributed by atoms with Gasteiger partial charge in [-0.1, -0.05) is 31.2 Å². The number of guanidine groups is 1. The van der Waals surface area contributed by atoms with Crippen molar-refractivity contribution in [1.29, 1.82) is 0 Å². The molecule has 1 atom stereocenters. The second kappa shape index (κ2) is 11.4. The van der Waals surface area contributed by atoms with Crippen molar-refractivity contribution < 1.29 is 4.74 Å². The Labute approximate surface area is 187 Å². The maximum atomic E-state index is 5.83. The van der Waals surface area contributed by atoms with Gasteiger partial charge in [-0.2, -0.15) is 0 Å². The number of likely N-dealkylation sites (tertiary alicyclic amines) is 1. The van der Waals surface area contributed by atoms with Crippen molar-refractivity contribution in [1.82, 2.24) is 15.5 Å². The molecule has 1 aromatic carbocycles. The highest BCUT2D eigenvalue weighted by atomic mass is 127. The maximum Gasteiger partial charge on any atom is 0.191 e. The highest BCUT2D eigenvalue weighted by molar-refractivity contribution is 14.0. The van der Waals surface area contributed by atoms with E-state index in [-0.39, 0.29) is 29.6 Å². The van der Waals surface area contributed by atoms with Gasteiger partial charge in [-0.05, 0) is 62.7 Å². The molecule has 0 saturated carbocycles. The Morgan fingerprint density at radius 2 is 1.86 bits per heavy atom. The quantitative estimate of drug-likeness (QED) is 0.355.